The standard InChI is InChI=1S/C13H12Cl2N4S/c1-7(9-3-2-8(14)6-11(9)15)18-13-10(12(16)20)4-5-17-19-13/h2-7H,1H3,(H2,16,20)(H,18,19). The van der Waals surface area contributed by atoms with E-state index < -0.39 is 0 Å². The van der Waals surface area contributed by atoms with Gasteiger partial charge in [-0.1, -0.05) is 41.5 Å². The van der Waals surface area contributed by atoms with E-state index in [0.717, 1.165) is 5.56 Å². The molecule has 3 N–H and O–H groups in total. The average molecular weight is 327 g/mol. The lowest BCUT2D eigenvalue weighted by molar-refractivity contribution is 0.860. The van der Waals surface area contributed by atoms with Crippen LogP contribution < -0.4 is 11.1 Å². The van der Waals surface area contributed by atoms with E-state index in [1.54, 1.807) is 24.4 Å². The Labute approximate surface area is 132 Å². The minimum atomic E-state index is -0.0930. The van der Waals surface area contributed by atoms with Crippen molar-refractivity contribution in [2.75, 3.05) is 5.32 Å². The van der Waals surface area contributed by atoms with Gasteiger partial charge in [-0.05, 0) is 30.7 Å². The van der Waals surface area contributed by atoms with Gasteiger partial charge in [0.2, 0.25) is 0 Å². The molecule has 0 saturated heterocycles. The minimum absolute atomic E-state index is 0.0930. The number of nitrogens with zero attached hydrogens (tertiary/aromatic N) is 2. The highest BCUT2D eigenvalue weighted by molar-refractivity contribution is 7.80. The molecule has 2 aromatic rings. The van der Waals surface area contributed by atoms with Gasteiger partial charge in [-0.25, -0.2) is 0 Å². The molecule has 1 unspecified atom stereocenters. The van der Waals surface area contributed by atoms with Gasteiger partial charge >= 0.3 is 0 Å². The Kier molecular flexibility index (Phi) is 4.75. The first-order chi connectivity index (χ1) is 9.49. The Bertz CT molecular complexity index is 648. The zero-order chi connectivity index (χ0) is 14.7. The van der Waals surface area contributed by atoms with Crippen LogP contribution in [-0.4, -0.2) is 15.2 Å². The average Bonchev–Trinajstić information content (AvgIpc) is 2.38. The quantitative estimate of drug-likeness (QED) is 0.840. The Morgan fingerprint density at radius 3 is 2.75 bits per heavy atom. The van der Waals surface area contributed by atoms with Crippen molar-refractivity contribution in [3.05, 3.63) is 51.6 Å². The molecule has 0 aliphatic heterocycles. The molecule has 1 heterocycles. The molecule has 7 heteroatoms. The van der Waals surface area contributed by atoms with Gasteiger partial charge in [0, 0.05) is 10.0 Å². The normalized spacial score (nSPS) is 11.9. The molecule has 104 valence electrons. The maximum absolute atomic E-state index is 6.18. The highest BCUT2D eigenvalue weighted by Gasteiger charge is 2.14. The smallest absolute Gasteiger partial charge is 0.159 e. The second kappa shape index (κ2) is 6.35. The van der Waals surface area contributed by atoms with Crippen molar-refractivity contribution in [2.24, 2.45) is 5.73 Å². The van der Waals surface area contributed by atoms with Crippen LogP contribution in [0.5, 0.6) is 0 Å². The van der Waals surface area contributed by atoms with E-state index in [0.29, 0.717) is 21.4 Å². The molecule has 0 bridgehead atoms. The van der Waals surface area contributed by atoms with Gasteiger partial charge in [0.15, 0.2) is 5.82 Å². The summed E-state index contributed by atoms with van der Waals surface area (Å²) in [6.07, 6.45) is 1.54. The lowest BCUT2D eigenvalue weighted by atomic mass is 10.1. The molecular formula is C13H12Cl2N4S. The van der Waals surface area contributed by atoms with E-state index in [1.165, 1.54) is 0 Å². The van der Waals surface area contributed by atoms with Gasteiger partial charge in [0.25, 0.3) is 0 Å². The summed E-state index contributed by atoms with van der Waals surface area (Å²) < 4.78 is 0. The summed E-state index contributed by atoms with van der Waals surface area (Å²) in [5, 5.41) is 12.2. The SMILES string of the molecule is CC(Nc1nnccc1C(N)=S)c1ccc(Cl)cc1Cl. The molecule has 0 saturated carbocycles. The number of nitrogens with one attached hydrogen (secondary N) is 1. The lowest BCUT2D eigenvalue weighted by Crippen LogP contribution is -2.17. The van der Waals surface area contributed by atoms with Crippen LogP contribution in [0.3, 0.4) is 0 Å². The zero-order valence-corrected chi connectivity index (χ0v) is 12.9. The monoisotopic (exact) mass is 326 g/mol. The van der Waals surface area contributed by atoms with E-state index in [9.17, 15) is 0 Å². The highest BCUT2D eigenvalue weighted by atomic mass is 35.5. The van der Waals surface area contributed by atoms with E-state index >= 15 is 0 Å². The van der Waals surface area contributed by atoms with Gasteiger partial charge in [0.05, 0.1) is 17.8 Å². The summed E-state index contributed by atoms with van der Waals surface area (Å²) in [6.45, 7) is 1.95. The molecule has 2 rings (SSSR count). The number of thiocarbonyl (C=S) groups is 1. The van der Waals surface area contributed by atoms with Gasteiger partial charge in [-0.3, -0.25) is 0 Å². The van der Waals surface area contributed by atoms with E-state index in [1.807, 2.05) is 13.0 Å². The number of nitrogens with two attached hydrogens (primary N) is 1. The fraction of sp³-hybridized carbons (Fsp3) is 0.154. The van der Waals surface area contributed by atoms with E-state index in [2.05, 4.69) is 15.5 Å². The Balaban J connectivity index is 2.28. The molecule has 0 fully saturated rings. The van der Waals surface area contributed by atoms with Crippen LogP contribution in [0.4, 0.5) is 5.82 Å². The number of anilines is 1. The van der Waals surface area contributed by atoms with Gasteiger partial charge < -0.3 is 11.1 Å². The zero-order valence-electron chi connectivity index (χ0n) is 10.6. The van der Waals surface area contributed by atoms with Crippen molar-refractivity contribution in [2.45, 2.75) is 13.0 Å². The van der Waals surface area contributed by atoms with Crippen LogP contribution in [0, 0.1) is 0 Å². The minimum Gasteiger partial charge on any atom is -0.389 e. The number of hydrogen-bond acceptors (Lipinski definition) is 4. The van der Waals surface area contributed by atoms with Crippen molar-refractivity contribution in [3.63, 3.8) is 0 Å². The number of aromatic nitrogens is 2. The van der Waals surface area contributed by atoms with Crippen LogP contribution in [-0.2, 0) is 0 Å². The Morgan fingerprint density at radius 2 is 2.10 bits per heavy atom. The largest absolute Gasteiger partial charge is 0.389 e. The van der Waals surface area contributed by atoms with Gasteiger partial charge in [-0.2, -0.15) is 5.10 Å². The maximum Gasteiger partial charge on any atom is 0.159 e. The summed E-state index contributed by atoms with van der Waals surface area (Å²) in [6, 6.07) is 6.96. The molecule has 0 aliphatic carbocycles. The Morgan fingerprint density at radius 1 is 1.35 bits per heavy atom. The first-order valence-corrected chi connectivity index (χ1v) is 6.98. The van der Waals surface area contributed by atoms with Crippen molar-refractivity contribution < 1.29 is 0 Å². The summed E-state index contributed by atoms with van der Waals surface area (Å²) in [5.74, 6) is 0.526. The lowest BCUT2D eigenvalue weighted by Gasteiger charge is -2.17. The van der Waals surface area contributed by atoms with Crippen molar-refractivity contribution >= 4 is 46.2 Å². The van der Waals surface area contributed by atoms with Crippen molar-refractivity contribution in [1.82, 2.24) is 10.2 Å². The molecule has 1 aromatic carbocycles. The van der Waals surface area contributed by atoms with Crippen LogP contribution in [0.2, 0.25) is 10.0 Å². The summed E-state index contributed by atoms with van der Waals surface area (Å²) >= 11 is 17.1. The number of halogens is 2. The molecule has 4 nitrogen and oxygen atoms in total. The highest BCUT2D eigenvalue weighted by Crippen LogP contribution is 2.28. The predicted molar refractivity (Wildman–Crippen MR) is 86.4 cm³/mol. The molecule has 0 radical (unpaired) electrons. The predicted octanol–water partition coefficient (Wildman–Crippen LogP) is 3.59. The topological polar surface area (TPSA) is 63.8 Å². The Hall–Kier alpha value is -1.43. The molecule has 1 atom stereocenters. The third-order valence-corrected chi connectivity index (χ3v) is 3.55. The third kappa shape index (κ3) is 3.36. The molecule has 0 aliphatic rings. The summed E-state index contributed by atoms with van der Waals surface area (Å²) in [4.78, 5) is 0.261. The first-order valence-electron chi connectivity index (χ1n) is 5.82. The van der Waals surface area contributed by atoms with E-state index in [-0.39, 0.29) is 11.0 Å². The van der Waals surface area contributed by atoms with Crippen LogP contribution in [0.1, 0.15) is 24.1 Å². The second-order valence-electron chi connectivity index (χ2n) is 4.19. The van der Waals surface area contributed by atoms with Crippen LogP contribution >= 0.6 is 35.4 Å². The number of hydrogen-bond donors (Lipinski definition) is 2. The summed E-state index contributed by atoms with van der Waals surface area (Å²) in [5.41, 5.74) is 7.20. The second-order valence-corrected chi connectivity index (χ2v) is 5.47. The fourth-order valence-electron chi connectivity index (χ4n) is 1.77. The number of rotatable bonds is 4. The van der Waals surface area contributed by atoms with Crippen LogP contribution in [0.25, 0.3) is 0 Å². The summed E-state index contributed by atoms with van der Waals surface area (Å²) in [7, 11) is 0. The van der Waals surface area contributed by atoms with Gasteiger partial charge in [-0.15, -0.1) is 5.10 Å². The van der Waals surface area contributed by atoms with Crippen molar-refractivity contribution in [1.29, 1.82) is 0 Å². The van der Waals surface area contributed by atoms with Crippen LogP contribution in [0.15, 0.2) is 30.5 Å². The molecule has 0 amide bonds. The molecule has 0 spiro atoms. The molecular weight excluding hydrogens is 315 g/mol. The molecule has 1 aromatic heterocycles. The van der Waals surface area contributed by atoms with Crippen molar-refractivity contribution in [3.8, 4) is 0 Å². The molecule has 20 heavy (non-hydrogen) atoms. The van der Waals surface area contributed by atoms with Gasteiger partial charge in [0.1, 0.15) is 4.99 Å². The fourth-order valence-corrected chi connectivity index (χ4v) is 2.51. The first kappa shape index (κ1) is 15.0. The van der Waals surface area contributed by atoms with E-state index in [4.69, 9.17) is 41.2 Å². The third-order valence-electron chi connectivity index (χ3n) is 2.77. The maximum atomic E-state index is 6.18. The number of benzene rings is 1.